The maximum Gasteiger partial charge on any atom is 0.338 e. The van der Waals surface area contributed by atoms with Gasteiger partial charge in [0.15, 0.2) is 16.6 Å². The van der Waals surface area contributed by atoms with Crippen LogP contribution < -0.4 is 19.7 Å². The smallest absolute Gasteiger partial charge is 0.338 e. The van der Waals surface area contributed by atoms with Crippen LogP contribution in [-0.4, -0.2) is 47.2 Å². The number of nitrogens with zero attached hydrogens (tertiary/aromatic N) is 2. The second-order valence-electron chi connectivity index (χ2n) is 8.81. The third kappa shape index (κ3) is 5.67. The van der Waals surface area contributed by atoms with Crippen LogP contribution in [0.2, 0.25) is 5.02 Å². The normalized spacial score (nSPS) is 16.0. The summed E-state index contributed by atoms with van der Waals surface area (Å²) in [4.78, 5) is 41.8. The van der Waals surface area contributed by atoms with Crippen LogP contribution in [0.25, 0.3) is 0 Å². The number of halogens is 1. The standard InChI is InChI=1S/C28H24ClN3O6S/c1-2-36-27(35)18-4-8-20(9-5-18)30-25(33)14-22-26(34)32(21-10-6-19(29)7-11-21)28(39)31(22)15-17-3-12-23-24(13-17)38-16-37-23/h3-13,22H,2,14-16H2,1H3,(H,30,33). The van der Waals surface area contributed by atoms with Gasteiger partial charge in [-0.3, -0.25) is 14.5 Å². The largest absolute Gasteiger partial charge is 0.462 e. The summed E-state index contributed by atoms with van der Waals surface area (Å²) in [5, 5.41) is 3.60. The average molecular weight is 566 g/mol. The first-order valence-electron chi connectivity index (χ1n) is 12.2. The molecule has 2 aliphatic heterocycles. The molecule has 2 amide bonds. The van der Waals surface area contributed by atoms with Crippen molar-refractivity contribution in [1.29, 1.82) is 0 Å². The zero-order valence-electron chi connectivity index (χ0n) is 20.9. The van der Waals surface area contributed by atoms with E-state index in [2.05, 4.69) is 5.32 Å². The van der Waals surface area contributed by atoms with E-state index in [-0.39, 0.29) is 43.3 Å². The van der Waals surface area contributed by atoms with Crippen molar-refractivity contribution >= 4 is 58.1 Å². The molecule has 39 heavy (non-hydrogen) atoms. The van der Waals surface area contributed by atoms with Gasteiger partial charge in [0.1, 0.15) is 6.04 Å². The molecule has 5 rings (SSSR count). The monoisotopic (exact) mass is 565 g/mol. The molecule has 0 aliphatic carbocycles. The molecule has 0 saturated carbocycles. The predicted molar refractivity (Wildman–Crippen MR) is 149 cm³/mol. The van der Waals surface area contributed by atoms with E-state index < -0.39 is 12.0 Å². The summed E-state index contributed by atoms with van der Waals surface area (Å²) in [6, 6.07) is 17.8. The van der Waals surface area contributed by atoms with Crippen molar-refractivity contribution < 1.29 is 28.6 Å². The topological polar surface area (TPSA) is 97.4 Å². The van der Waals surface area contributed by atoms with E-state index in [1.807, 2.05) is 12.1 Å². The molecular weight excluding hydrogens is 542 g/mol. The number of anilines is 2. The van der Waals surface area contributed by atoms with E-state index in [0.717, 1.165) is 5.56 Å². The molecule has 1 fully saturated rings. The number of hydrogen-bond donors (Lipinski definition) is 1. The van der Waals surface area contributed by atoms with Crippen molar-refractivity contribution in [2.75, 3.05) is 23.6 Å². The Kier molecular flexibility index (Phi) is 7.67. The molecular formula is C28H24ClN3O6S. The molecule has 9 nitrogen and oxygen atoms in total. The number of carbonyl (C=O) groups is 3. The lowest BCUT2D eigenvalue weighted by Gasteiger charge is -2.24. The minimum absolute atomic E-state index is 0.146. The third-order valence-electron chi connectivity index (χ3n) is 6.25. The second-order valence-corrected chi connectivity index (χ2v) is 9.62. The van der Waals surface area contributed by atoms with E-state index in [9.17, 15) is 14.4 Å². The molecule has 1 saturated heterocycles. The van der Waals surface area contributed by atoms with Crippen molar-refractivity contribution in [3.63, 3.8) is 0 Å². The van der Waals surface area contributed by atoms with Crippen LogP contribution in [-0.2, 0) is 20.9 Å². The van der Waals surface area contributed by atoms with Gasteiger partial charge in [0, 0.05) is 17.3 Å². The molecule has 2 heterocycles. The summed E-state index contributed by atoms with van der Waals surface area (Å²) in [6.07, 6.45) is -0.146. The second kappa shape index (κ2) is 11.3. The highest BCUT2D eigenvalue weighted by Crippen LogP contribution is 2.35. The van der Waals surface area contributed by atoms with Crippen molar-refractivity contribution in [3.05, 3.63) is 82.9 Å². The molecule has 200 valence electrons. The number of rotatable bonds is 8. The number of amides is 2. The highest BCUT2D eigenvalue weighted by molar-refractivity contribution is 7.80. The van der Waals surface area contributed by atoms with Gasteiger partial charge in [0.2, 0.25) is 12.7 Å². The minimum atomic E-state index is -0.850. The van der Waals surface area contributed by atoms with Gasteiger partial charge < -0.3 is 24.4 Å². The van der Waals surface area contributed by atoms with Gasteiger partial charge in [-0.05, 0) is 85.4 Å². The van der Waals surface area contributed by atoms with Crippen LogP contribution in [0.3, 0.4) is 0 Å². The lowest BCUT2D eigenvalue weighted by Crippen LogP contribution is -2.37. The maximum absolute atomic E-state index is 13.6. The number of thiocarbonyl (C=S) groups is 1. The summed E-state index contributed by atoms with van der Waals surface area (Å²) >= 11 is 11.8. The molecule has 0 spiro atoms. The van der Waals surface area contributed by atoms with Crippen LogP contribution in [0.15, 0.2) is 66.7 Å². The van der Waals surface area contributed by atoms with Gasteiger partial charge in [0.05, 0.1) is 24.3 Å². The Morgan fingerprint density at radius 3 is 2.49 bits per heavy atom. The number of carbonyl (C=O) groups excluding carboxylic acids is 3. The van der Waals surface area contributed by atoms with Gasteiger partial charge in [-0.2, -0.15) is 0 Å². The number of esters is 1. The Morgan fingerprint density at radius 2 is 1.77 bits per heavy atom. The van der Waals surface area contributed by atoms with Crippen LogP contribution in [0.4, 0.5) is 11.4 Å². The van der Waals surface area contributed by atoms with Gasteiger partial charge in [-0.25, -0.2) is 4.79 Å². The lowest BCUT2D eigenvalue weighted by molar-refractivity contribution is -0.124. The highest BCUT2D eigenvalue weighted by Gasteiger charge is 2.44. The summed E-state index contributed by atoms with van der Waals surface area (Å²) in [5.41, 5.74) is 2.26. The fourth-order valence-corrected chi connectivity index (χ4v) is 4.88. The van der Waals surface area contributed by atoms with E-state index >= 15 is 0 Å². The molecule has 2 aliphatic rings. The summed E-state index contributed by atoms with van der Waals surface area (Å²) in [5.74, 6) is 0.108. The molecule has 1 unspecified atom stereocenters. The average Bonchev–Trinajstić information content (AvgIpc) is 3.48. The first-order valence-corrected chi connectivity index (χ1v) is 13.0. The molecule has 0 radical (unpaired) electrons. The SMILES string of the molecule is CCOC(=O)c1ccc(NC(=O)CC2C(=O)N(c3ccc(Cl)cc3)C(=S)N2Cc2ccc3c(c2)OCO3)cc1. The molecule has 3 aromatic rings. The van der Waals surface area contributed by atoms with E-state index in [1.54, 1.807) is 66.4 Å². The van der Waals surface area contributed by atoms with Crippen LogP contribution in [0.1, 0.15) is 29.3 Å². The number of fused-ring (bicyclic) bond motifs is 1. The van der Waals surface area contributed by atoms with Crippen molar-refractivity contribution in [3.8, 4) is 11.5 Å². The van der Waals surface area contributed by atoms with Crippen molar-refractivity contribution in [2.24, 2.45) is 0 Å². The highest BCUT2D eigenvalue weighted by atomic mass is 35.5. The summed E-state index contributed by atoms with van der Waals surface area (Å²) < 4.78 is 15.9. The van der Waals surface area contributed by atoms with Gasteiger partial charge in [-0.15, -0.1) is 0 Å². The van der Waals surface area contributed by atoms with Gasteiger partial charge in [0.25, 0.3) is 5.91 Å². The first-order chi connectivity index (χ1) is 18.8. The van der Waals surface area contributed by atoms with Crippen molar-refractivity contribution in [1.82, 2.24) is 4.90 Å². The van der Waals surface area contributed by atoms with Crippen LogP contribution in [0, 0.1) is 0 Å². The minimum Gasteiger partial charge on any atom is -0.462 e. The molecule has 11 heteroatoms. The number of ether oxygens (including phenoxy) is 3. The maximum atomic E-state index is 13.6. The molecule has 0 bridgehead atoms. The zero-order chi connectivity index (χ0) is 27.5. The Hall–Kier alpha value is -4.15. The van der Waals surface area contributed by atoms with Crippen molar-refractivity contribution in [2.45, 2.75) is 25.9 Å². The van der Waals surface area contributed by atoms with Crippen LogP contribution >= 0.6 is 23.8 Å². The Bertz CT molecular complexity index is 1430. The van der Waals surface area contributed by atoms with E-state index in [4.69, 9.17) is 38.0 Å². The molecule has 1 N–H and O–H groups in total. The van der Waals surface area contributed by atoms with Gasteiger partial charge in [-0.1, -0.05) is 17.7 Å². The molecule has 3 aromatic carbocycles. The van der Waals surface area contributed by atoms with E-state index in [1.165, 1.54) is 4.90 Å². The number of benzene rings is 3. The molecule has 1 atom stereocenters. The number of nitrogens with one attached hydrogen (secondary N) is 1. The van der Waals surface area contributed by atoms with E-state index in [0.29, 0.717) is 33.5 Å². The Balaban J connectivity index is 1.36. The first kappa shape index (κ1) is 26.5. The van der Waals surface area contributed by atoms with Crippen LogP contribution in [0.5, 0.6) is 11.5 Å². The number of hydrogen-bond acceptors (Lipinski definition) is 7. The van der Waals surface area contributed by atoms with Gasteiger partial charge >= 0.3 is 5.97 Å². The third-order valence-corrected chi connectivity index (χ3v) is 6.92. The summed E-state index contributed by atoms with van der Waals surface area (Å²) in [7, 11) is 0. The lowest BCUT2D eigenvalue weighted by atomic mass is 10.1. The quantitative estimate of drug-likeness (QED) is 0.308. The molecule has 0 aromatic heterocycles. The Labute approximate surface area is 235 Å². The predicted octanol–water partition coefficient (Wildman–Crippen LogP) is 4.78. The fourth-order valence-electron chi connectivity index (χ4n) is 4.37. The Morgan fingerprint density at radius 1 is 1.05 bits per heavy atom. The fraction of sp³-hybridized carbons (Fsp3) is 0.214. The summed E-state index contributed by atoms with van der Waals surface area (Å²) in [6.45, 7) is 2.42. The zero-order valence-corrected chi connectivity index (χ0v) is 22.5.